The van der Waals surface area contributed by atoms with Crippen LogP contribution in [0.1, 0.15) is 16.4 Å². The number of amides is 1. The molecule has 0 aliphatic carbocycles. The molecule has 0 radical (unpaired) electrons. The number of para-hydroxylation sites is 2. The zero-order valence-electron chi connectivity index (χ0n) is 12.1. The highest BCUT2D eigenvalue weighted by Gasteiger charge is 2.22. The molecule has 0 unspecified atom stereocenters. The summed E-state index contributed by atoms with van der Waals surface area (Å²) in [6.07, 6.45) is 3.42. The Morgan fingerprint density at radius 3 is 2.86 bits per heavy atom. The van der Waals surface area contributed by atoms with E-state index in [2.05, 4.69) is 10.4 Å². The summed E-state index contributed by atoms with van der Waals surface area (Å²) in [4.78, 5) is 14.1. The number of methoxy groups -OCH3 is 1. The van der Waals surface area contributed by atoms with Crippen LogP contribution in [0.4, 0.5) is 5.69 Å². The minimum absolute atomic E-state index is 0.0990. The highest BCUT2D eigenvalue weighted by atomic mass is 16.5. The van der Waals surface area contributed by atoms with Crippen molar-refractivity contribution in [1.82, 2.24) is 15.1 Å². The Balaban J connectivity index is 1.82. The van der Waals surface area contributed by atoms with Gasteiger partial charge in [-0.25, -0.2) is 0 Å². The van der Waals surface area contributed by atoms with E-state index in [1.54, 1.807) is 31.5 Å². The summed E-state index contributed by atoms with van der Waals surface area (Å²) in [5.41, 5.74) is 1.32. The summed E-state index contributed by atoms with van der Waals surface area (Å²) in [5.74, 6) is 0.571. The third-order valence-electron chi connectivity index (χ3n) is 3.73. The van der Waals surface area contributed by atoms with Crippen LogP contribution in [-0.2, 0) is 0 Å². The van der Waals surface area contributed by atoms with Gasteiger partial charge in [0.05, 0.1) is 30.6 Å². The largest absolute Gasteiger partial charge is 0.495 e. The summed E-state index contributed by atoms with van der Waals surface area (Å²) >= 11 is 0. The molecule has 0 saturated carbocycles. The van der Waals surface area contributed by atoms with E-state index >= 15 is 0 Å². The number of nitrogens with one attached hydrogen (secondary N) is 1. The Kier molecular flexibility index (Phi) is 3.62. The molecular weight excluding hydrogens is 268 g/mol. The van der Waals surface area contributed by atoms with E-state index in [1.807, 2.05) is 28.9 Å². The number of benzene rings is 1. The van der Waals surface area contributed by atoms with Crippen LogP contribution in [0.5, 0.6) is 5.75 Å². The van der Waals surface area contributed by atoms with Crippen molar-refractivity contribution in [1.29, 1.82) is 0 Å². The third-order valence-corrected chi connectivity index (χ3v) is 3.73. The van der Waals surface area contributed by atoms with Gasteiger partial charge in [0, 0.05) is 26.3 Å². The predicted molar refractivity (Wildman–Crippen MR) is 79.9 cm³/mol. The Labute approximate surface area is 123 Å². The Bertz CT molecular complexity index is 649. The zero-order valence-corrected chi connectivity index (χ0v) is 12.1. The second-order valence-corrected chi connectivity index (χ2v) is 5.06. The van der Waals surface area contributed by atoms with E-state index < -0.39 is 0 Å². The lowest BCUT2D eigenvalue weighted by Crippen LogP contribution is -2.43. The highest BCUT2D eigenvalue weighted by molar-refractivity contribution is 6.06. The van der Waals surface area contributed by atoms with Gasteiger partial charge in [-0.15, -0.1) is 0 Å². The quantitative estimate of drug-likeness (QED) is 0.920. The van der Waals surface area contributed by atoms with Gasteiger partial charge in [0.1, 0.15) is 5.75 Å². The first-order chi connectivity index (χ1) is 10.2. The van der Waals surface area contributed by atoms with Crippen LogP contribution in [0, 0.1) is 0 Å². The van der Waals surface area contributed by atoms with E-state index in [1.165, 1.54) is 0 Å². The molecule has 1 aliphatic rings. The van der Waals surface area contributed by atoms with E-state index in [4.69, 9.17) is 4.74 Å². The molecule has 110 valence electrons. The van der Waals surface area contributed by atoms with Gasteiger partial charge in [-0.05, 0) is 12.1 Å². The molecule has 0 atom stereocenters. The molecule has 21 heavy (non-hydrogen) atoms. The Morgan fingerprint density at radius 2 is 2.19 bits per heavy atom. The van der Waals surface area contributed by atoms with Gasteiger partial charge >= 0.3 is 0 Å². The van der Waals surface area contributed by atoms with Crippen molar-refractivity contribution in [3.8, 4) is 5.75 Å². The highest BCUT2D eigenvalue weighted by Crippen LogP contribution is 2.27. The maximum Gasteiger partial charge on any atom is 0.261 e. The average molecular weight is 286 g/mol. The van der Waals surface area contributed by atoms with Gasteiger partial charge in [0.15, 0.2) is 0 Å². The number of carbonyl (C=O) groups excluding carboxylic acids is 1. The first kappa shape index (κ1) is 13.6. The molecule has 6 nitrogen and oxygen atoms in total. The van der Waals surface area contributed by atoms with E-state index in [0.717, 1.165) is 18.8 Å². The van der Waals surface area contributed by atoms with Crippen LogP contribution in [-0.4, -0.2) is 42.9 Å². The summed E-state index contributed by atoms with van der Waals surface area (Å²) in [6.45, 7) is 1.80. The smallest absolute Gasteiger partial charge is 0.261 e. The molecule has 1 amide bonds. The maximum atomic E-state index is 12.6. The monoisotopic (exact) mass is 286 g/mol. The second-order valence-electron chi connectivity index (χ2n) is 5.06. The molecule has 1 aliphatic heterocycles. The van der Waals surface area contributed by atoms with E-state index in [-0.39, 0.29) is 5.91 Å². The van der Waals surface area contributed by atoms with Crippen molar-refractivity contribution in [2.75, 3.05) is 32.1 Å². The van der Waals surface area contributed by atoms with Crippen LogP contribution in [0.25, 0.3) is 0 Å². The normalized spacial score (nSPS) is 14.6. The summed E-state index contributed by atoms with van der Waals surface area (Å²) in [7, 11) is 3.33. The van der Waals surface area contributed by atoms with E-state index in [0.29, 0.717) is 17.4 Å². The standard InChI is InChI=1S/C15H18N4O2/c1-18(13-5-3-4-6-14(13)21-2)15(20)11-7-17-19(10-11)12-8-16-9-12/h3-7,10,12,16H,8-9H2,1-2H3. The average Bonchev–Trinajstić information content (AvgIpc) is 2.93. The molecule has 6 heteroatoms. The number of carbonyl (C=O) groups is 1. The molecule has 1 fully saturated rings. The minimum atomic E-state index is -0.0990. The SMILES string of the molecule is COc1ccccc1N(C)C(=O)c1cnn(C2CNC2)c1. The zero-order chi connectivity index (χ0) is 14.8. The number of aromatic nitrogens is 2. The summed E-state index contributed by atoms with van der Waals surface area (Å²) in [6, 6.07) is 7.80. The second kappa shape index (κ2) is 5.57. The Hall–Kier alpha value is -2.34. The lowest BCUT2D eigenvalue weighted by atomic mass is 10.2. The molecule has 1 aromatic carbocycles. The number of anilines is 1. The molecule has 0 bridgehead atoms. The first-order valence-electron chi connectivity index (χ1n) is 6.86. The van der Waals surface area contributed by atoms with Crippen molar-refractivity contribution in [3.63, 3.8) is 0 Å². The lowest BCUT2D eigenvalue weighted by Gasteiger charge is -2.27. The molecule has 1 aromatic heterocycles. The number of ether oxygens (including phenoxy) is 1. The van der Waals surface area contributed by atoms with Crippen LogP contribution in [0.15, 0.2) is 36.7 Å². The van der Waals surface area contributed by atoms with Crippen molar-refractivity contribution in [2.24, 2.45) is 0 Å². The van der Waals surface area contributed by atoms with Crippen molar-refractivity contribution in [2.45, 2.75) is 6.04 Å². The topological polar surface area (TPSA) is 59.4 Å². The molecule has 2 aromatic rings. The number of rotatable bonds is 4. The van der Waals surface area contributed by atoms with Crippen molar-refractivity contribution in [3.05, 3.63) is 42.2 Å². The number of hydrogen-bond donors (Lipinski definition) is 1. The van der Waals surface area contributed by atoms with Gasteiger partial charge in [0.2, 0.25) is 0 Å². The van der Waals surface area contributed by atoms with Gasteiger partial charge in [-0.2, -0.15) is 5.10 Å². The van der Waals surface area contributed by atoms with Crippen molar-refractivity contribution < 1.29 is 9.53 Å². The molecular formula is C15H18N4O2. The van der Waals surface area contributed by atoms with Gasteiger partial charge < -0.3 is 15.0 Å². The van der Waals surface area contributed by atoms with Gasteiger partial charge in [-0.3, -0.25) is 9.48 Å². The third kappa shape index (κ3) is 2.50. The molecule has 2 heterocycles. The summed E-state index contributed by atoms with van der Waals surface area (Å²) < 4.78 is 7.15. The van der Waals surface area contributed by atoms with Crippen LogP contribution < -0.4 is 15.0 Å². The predicted octanol–water partition coefficient (Wildman–Crippen LogP) is 1.31. The Morgan fingerprint density at radius 1 is 1.43 bits per heavy atom. The maximum absolute atomic E-state index is 12.6. The van der Waals surface area contributed by atoms with Crippen LogP contribution >= 0.6 is 0 Å². The fourth-order valence-corrected chi connectivity index (χ4v) is 2.32. The van der Waals surface area contributed by atoms with Gasteiger partial charge in [0.25, 0.3) is 5.91 Å². The number of hydrogen-bond acceptors (Lipinski definition) is 4. The van der Waals surface area contributed by atoms with Gasteiger partial charge in [-0.1, -0.05) is 12.1 Å². The fraction of sp³-hybridized carbons (Fsp3) is 0.333. The van der Waals surface area contributed by atoms with Crippen LogP contribution in [0.2, 0.25) is 0 Å². The van der Waals surface area contributed by atoms with E-state index in [9.17, 15) is 4.79 Å². The minimum Gasteiger partial charge on any atom is -0.495 e. The summed E-state index contributed by atoms with van der Waals surface area (Å²) in [5, 5.41) is 7.47. The first-order valence-corrected chi connectivity index (χ1v) is 6.86. The molecule has 1 N–H and O–H groups in total. The molecule has 1 saturated heterocycles. The molecule has 0 spiro atoms. The van der Waals surface area contributed by atoms with Crippen LogP contribution in [0.3, 0.4) is 0 Å². The lowest BCUT2D eigenvalue weighted by molar-refractivity contribution is 0.0992. The fourth-order valence-electron chi connectivity index (χ4n) is 2.32. The number of nitrogens with zero attached hydrogens (tertiary/aromatic N) is 3. The molecule has 3 rings (SSSR count). The van der Waals surface area contributed by atoms with Crippen molar-refractivity contribution >= 4 is 11.6 Å².